The second kappa shape index (κ2) is 14.0. The van der Waals surface area contributed by atoms with Crippen LogP contribution in [0, 0.1) is 11.3 Å². The number of nitrogens with one attached hydrogen (secondary N) is 1. The minimum absolute atomic E-state index is 0.0565. The summed E-state index contributed by atoms with van der Waals surface area (Å²) in [7, 11) is 0. The molecule has 2 saturated heterocycles. The number of fused-ring (bicyclic) bond motifs is 8. The molecule has 0 radical (unpaired) electrons. The zero-order chi connectivity index (χ0) is 34.2. The molecule has 0 aromatic heterocycles. The van der Waals surface area contributed by atoms with Gasteiger partial charge in [-0.1, -0.05) is 68.2 Å². The Morgan fingerprint density at radius 2 is 1.71 bits per heavy atom. The Bertz CT molecular complexity index is 1540. The Balaban J connectivity index is 1.18. The predicted octanol–water partition coefficient (Wildman–Crippen LogP) is 6.92. The number of allylic oxidation sites excluding steroid dienone is 2. The van der Waals surface area contributed by atoms with Crippen LogP contribution < -0.4 is 10.2 Å². The van der Waals surface area contributed by atoms with Crippen LogP contribution in [0.2, 0.25) is 0 Å². The molecule has 6 aliphatic rings. The molecular formula is C42H57N3O4. The fraction of sp³-hybridized carbons (Fsp3) is 0.619. The van der Waals surface area contributed by atoms with Gasteiger partial charge in [-0.25, -0.2) is 0 Å². The minimum Gasteiger partial charge on any atom is -0.393 e. The van der Waals surface area contributed by atoms with E-state index >= 15 is 0 Å². The average Bonchev–Trinajstić information content (AvgIpc) is 3.56. The maximum absolute atomic E-state index is 14.3. The molecule has 2 heterocycles. The summed E-state index contributed by atoms with van der Waals surface area (Å²) in [5, 5.41) is 27.0. The minimum atomic E-state index is -0.932. The van der Waals surface area contributed by atoms with Crippen LogP contribution in [0.25, 0.3) is 0 Å². The van der Waals surface area contributed by atoms with Gasteiger partial charge in [0.05, 0.1) is 18.4 Å². The summed E-state index contributed by atoms with van der Waals surface area (Å²) < 4.78 is 0. The molecule has 1 amide bonds. The first-order valence-corrected chi connectivity index (χ1v) is 19.2. The molecule has 7 nitrogen and oxygen atoms in total. The number of β-amino-alcohol motifs (C(OH)–C–C–N with tert-alkyl or cyclic N) is 1. The quantitative estimate of drug-likeness (QED) is 0.237. The average molecular weight is 668 g/mol. The molecule has 3 N–H and O–H groups in total. The lowest BCUT2D eigenvalue weighted by Crippen LogP contribution is -2.59. The lowest BCUT2D eigenvalue weighted by atomic mass is 9.64. The molecule has 1 spiro atoms. The number of rotatable bonds is 5. The number of aliphatic hydroxyl groups is 2. The van der Waals surface area contributed by atoms with Crippen LogP contribution in [0.5, 0.6) is 0 Å². The van der Waals surface area contributed by atoms with Crippen LogP contribution >= 0.6 is 0 Å². The van der Waals surface area contributed by atoms with Gasteiger partial charge >= 0.3 is 0 Å². The fourth-order valence-electron chi connectivity index (χ4n) is 10.3. The number of Topliss-reactive ketones (excluding diaryl/α,β-unsaturated/α-hetero) is 1. The maximum atomic E-state index is 14.3. The number of benzene rings is 2. The molecular weight excluding hydrogens is 610 g/mol. The largest absolute Gasteiger partial charge is 0.393 e. The summed E-state index contributed by atoms with van der Waals surface area (Å²) in [6.07, 6.45) is 14.0. The van der Waals surface area contributed by atoms with Crippen LogP contribution in [-0.4, -0.2) is 70.4 Å². The topological polar surface area (TPSA) is 93.1 Å². The van der Waals surface area contributed by atoms with Crippen LogP contribution in [0.4, 0.5) is 5.69 Å². The normalized spacial score (nSPS) is 31.3. The van der Waals surface area contributed by atoms with Gasteiger partial charge < -0.3 is 25.3 Å². The number of piperidine rings is 1. The number of carbonyl (C=O) groups is 2. The molecule has 49 heavy (non-hydrogen) atoms. The van der Waals surface area contributed by atoms with E-state index in [0.717, 1.165) is 99.7 Å². The Morgan fingerprint density at radius 1 is 0.959 bits per heavy atom. The van der Waals surface area contributed by atoms with E-state index in [-0.39, 0.29) is 23.5 Å². The number of aliphatic hydroxyl groups excluding tert-OH is 1. The number of nitrogens with zero attached hydrogens (tertiary/aromatic N) is 2. The molecule has 2 aliphatic heterocycles. The standard InChI is InChI=1S/C42H57N3O4/c1-30-10-9-20-40(2)37(35-18-16-31(26-34(46)17-15-30)27-36(35)38(47)32-11-5-3-6-12-32)19-21-42(40,49)28-44-24-22-41(23-25-44)39(48)43-29-45(41)33-13-7-4-8-14-33/h4,7-8,10,13-14,16,18,27,32,34,37,46,49H,3,5-6,9,11-12,15,17,19-26,28-29H2,1-2H3,(H,43,48)/t34-,37-,40-,42+/m0/s1. The number of amides is 1. The molecule has 7 heteroatoms. The van der Waals surface area contributed by atoms with Gasteiger partial charge in [0, 0.05) is 42.2 Å². The van der Waals surface area contributed by atoms with E-state index < -0.39 is 22.7 Å². The maximum Gasteiger partial charge on any atom is 0.247 e. The summed E-state index contributed by atoms with van der Waals surface area (Å²) in [5.74, 6) is 0.501. The molecule has 264 valence electrons. The molecule has 2 saturated carbocycles. The number of carbonyl (C=O) groups excluding carboxylic acids is 2. The number of anilines is 1. The molecule has 8 rings (SSSR count). The fourth-order valence-corrected chi connectivity index (χ4v) is 10.3. The first kappa shape index (κ1) is 34.4. The highest BCUT2D eigenvalue weighted by Gasteiger charge is 2.58. The van der Waals surface area contributed by atoms with E-state index in [1.54, 1.807) is 0 Å². The van der Waals surface area contributed by atoms with E-state index in [0.29, 0.717) is 32.5 Å². The molecule has 2 aromatic carbocycles. The van der Waals surface area contributed by atoms with Crippen LogP contribution in [0.15, 0.2) is 60.2 Å². The number of ketones is 1. The third kappa shape index (κ3) is 6.52. The SMILES string of the molecule is CC1=CCC[C@@]2(C)[C@@H](CC[C@@]2(O)CN2CCC3(CC2)C(=O)NCN3c2ccccc2)c2ccc(cc2C(=O)C2CCCCC2)C[C@@H](O)CC1. The van der Waals surface area contributed by atoms with Crippen molar-refractivity contribution in [2.45, 2.75) is 127 Å². The number of hydrogen-bond donors (Lipinski definition) is 3. The van der Waals surface area contributed by atoms with Crippen molar-refractivity contribution in [1.82, 2.24) is 10.2 Å². The second-order valence-corrected chi connectivity index (χ2v) is 16.4. The van der Waals surface area contributed by atoms with Gasteiger partial charge in [-0.2, -0.15) is 0 Å². The lowest BCUT2D eigenvalue weighted by molar-refractivity contribution is -0.126. The summed E-state index contributed by atoms with van der Waals surface area (Å²) in [5.41, 5.74) is 3.41. The summed E-state index contributed by atoms with van der Waals surface area (Å²) in [6, 6.07) is 16.7. The third-order valence-corrected chi connectivity index (χ3v) is 13.5. The highest BCUT2D eigenvalue weighted by Crippen LogP contribution is 2.59. The Labute approximate surface area is 293 Å². The van der Waals surface area contributed by atoms with Gasteiger partial charge in [0.25, 0.3) is 0 Å². The smallest absolute Gasteiger partial charge is 0.247 e. The highest BCUT2D eigenvalue weighted by atomic mass is 16.3. The monoisotopic (exact) mass is 667 g/mol. The molecule has 0 unspecified atom stereocenters. The van der Waals surface area contributed by atoms with Crippen molar-refractivity contribution in [3.05, 3.63) is 76.9 Å². The first-order valence-electron chi connectivity index (χ1n) is 19.2. The number of para-hydroxylation sites is 1. The highest BCUT2D eigenvalue weighted by molar-refractivity contribution is 5.99. The number of hydrogen-bond acceptors (Lipinski definition) is 6. The summed E-state index contributed by atoms with van der Waals surface area (Å²) in [4.78, 5) is 32.3. The van der Waals surface area contributed by atoms with Crippen molar-refractivity contribution in [1.29, 1.82) is 0 Å². The second-order valence-electron chi connectivity index (χ2n) is 16.4. The van der Waals surface area contributed by atoms with Crippen molar-refractivity contribution in [2.75, 3.05) is 31.2 Å². The van der Waals surface area contributed by atoms with Gasteiger partial charge in [0.2, 0.25) is 5.91 Å². The molecule has 4 fully saturated rings. The lowest BCUT2D eigenvalue weighted by Gasteiger charge is -2.49. The third-order valence-electron chi connectivity index (χ3n) is 13.5. The Kier molecular flexibility index (Phi) is 9.81. The number of likely N-dealkylation sites (tertiary alicyclic amines) is 1. The van der Waals surface area contributed by atoms with Crippen LogP contribution in [0.3, 0.4) is 0 Å². The Hall–Kier alpha value is -3.00. The van der Waals surface area contributed by atoms with Crippen molar-refractivity contribution < 1.29 is 19.8 Å². The first-order chi connectivity index (χ1) is 23.6. The van der Waals surface area contributed by atoms with Crippen molar-refractivity contribution in [2.24, 2.45) is 11.3 Å². The predicted molar refractivity (Wildman–Crippen MR) is 195 cm³/mol. The van der Waals surface area contributed by atoms with Crippen molar-refractivity contribution in [3.63, 3.8) is 0 Å². The molecule has 2 bridgehead atoms. The zero-order valence-corrected chi connectivity index (χ0v) is 29.8. The summed E-state index contributed by atoms with van der Waals surface area (Å²) in [6.45, 7) is 7.05. The molecule has 4 aliphatic carbocycles. The van der Waals surface area contributed by atoms with Crippen molar-refractivity contribution in [3.8, 4) is 0 Å². The van der Waals surface area contributed by atoms with Gasteiger partial charge in [-0.15, -0.1) is 0 Å². The van der Waals surface area contributed by atoms with Crippen LogP contribution in [-0.2, 0) is 11.2 Å². The van der Waals surface area contributed by atoms with Crippen molar-refractivity contribution >= 4 is 17.4 Å². The van der Waals surface area contributed by atoms with E-state index in [1.165, 1.54) is 12.0 Å². The molecule has 4 atom stereocenters. The van der Waals surface area contributed by atoms with E-state index in [9.17, 15) is 19.8 Å². The van der Waals surface area contributed by atoms with Gasteiger partial charge in [-0.05, 0) is 113 Å². The van der Waals surface area contributed by atoms with Gasteiger partial charge in [-0.3, -0.25) is 9.59 Å². The van der Waals surface area contributed by atoms with E-state index in [2.05, 4.69) is 65.4 Å². The van der Waals surface area contributed by atoms with E-state index in [1.807, 2.05) is 18.2 Å². The Morgan fingerprint density at radius 3 is 2.47 bits per heavy atom. The molecule has 2 aromatic rings. The van der Waals surface area contributed by atoms with E-state index in [4.69, 9.17) is 0 Å². The van der Waals surface area contributed by atoms with Gasteiger partial charge in [0.1, 0.15) is 5.54 Å². The van der Waals surface area contributed by atoms with Crippen LogP contribution in [0.1, 0.15) is 125 Å². The zero-order valence-electron chi connectivity index (χ0n) is 29.8. The van der Waals surface area contributed by atoms with Gasteiger partial charge in [0.15, 0.2) is 5.78 Å². The summed E-state index contributed by atoms with van der Waals surface area (Å²) >= 11 is 0.